The molecule has 0 atom stereocenters. The molecule has 4 nitrogen and oxygen atoms in total. The van der Waals surface area contributed by atoms with Crippen molar-refractivity contribution in [3.8, 4) is 0 Å². The van der Waals surface area contributed by atoms with Gasteiger partial charge in [0.2, 0.25) is 0 Å². The molecule has 0 aliphatic heterocycles. The van der Waals surface area contributed by atoms with E-state index in [1.807, 2.05) is 0 Å². The third-order valence-corrected chi connectivity index (χ3v) is 4.81. The van der Waals surface area contributed by atoms with Crippen LogP contribution in [-0.2, 0) is 14.3 Å². The third kappa shape index (κ3) is 17.2. The summed E-state index contributed by atoms with van der Waals surface area (Å²) in [6, 6.07) is 0. The number of rotatable bonds is 14. The van der Waals surface area contributed by atoms with E-state index in [2.05, 4.69) is 6.92 Å². The van der Waals surface area contributed by atoms with Crippen LogP contribution in [0.25, 0.3) is 0 Å². The summed E-state index contributed by atoms with van der Waals surface area (Å²) in [6.07, 6.45) is 13.0. The maximum Gasteiger partial charge on any atom is 0.330 e. The van der Waals surface area contributed by atoms with E-state index in [4.69, 9.17) is 9.84 Å². The van der Waals surface area contributed by atoms with Crippen molar-refractivity contribution >= 4 is 33.5 Å². The molecule has 0 amide bonds. The van der Waals surface area contributed by atoms with Crippen LogP contribution >= 0.6 is 21.6 Å². The first-order valence-corrected chi connectivity index (χ1v) is 10.1. The number of carboxylic acid groups (broad SMARTS) is 1. The lowest BCUT2D eigenvalue weighted by Crippen LogP contribution is -2.02. The fourth-order valence-electron chi connectivity index (χ4n) is 1.57. The Morgan fingerprint density at radius 1 is 0.955 bits per heavy atom. The number of unbranched alkanes of at least 4 members (excludes halogenated alkanes) is 5. The fraction of sp³-hybridized carbons (Fsp3) is 0.625. The van der Waals surface area contributed by atoms with Crippen LogP contribution in [-0.4, -0.2) is 35.2 Å². The molecule has 0 spiro atoms. The molecule has 0 aliphatic rings. The second-order valence-corrected chi connectivity index (χ2v) is 7.20. The molecule has 0 radical (unpaired) electrons. The molecule has 0 heterocycles. The lowest BCUT2D eigenvalue weighted by atomic mass is 10.1. The average Bonchev–Trinajstić information content (AvgIpc) is 2.48. The Morgan fingerprint density at radius 3 is 2.18 bits per heavy atom. The number of hydrogen-bond donors (Lipinski definition) is 1. The summed E-state index contributed by atoms with van der Waals surface area (Å²) in [6.45, 7) is 2.69. The van der Waals surface area contributed by atoms with E-state index in [0.29, 0.717) is 18.1 Å². The highest BCUT2D eigenvalue weighted by molar-refractivity contribution is 8.76. The van der Waals surface area contributed by atoms with Gasteiger partial charge in [0.15, 0.2) is 0 Å². The number of hydrogen-bond acceptors (Lipinski definition) is 5. The summed E-state index contributed by atoms with van der Waals surface area (Å²) in [7, 11) is 3.11. The zero-order chi connectivity index (χ0) is 16.5. The number of esters is 1. The number of carbonyl (C=O) groups is 2. The lowest BCUT2D eigenvalue weighted by molar-refractivity contribution is -0.138. The summed E-state index contributed by atoms with van der Waals surface area (Å²) in [5.74, 6) is 0.105. The van der Waals surface area contributed by atoms with Gasteiger partial charge in [-0.05, 0) is 6.42 Å². The largest absolute Gasteiger partial charge is 0.478 e. The molecule has 126 valence electrons. The van der Waals surface area contributed by atoms with E-state index in [1.165, 1.54) is 31.8 Å². The maximum atomic E-state index is 11.4. The molecular weight excluding hydrogens is 320 g/mol. The molecule has 0 bridgehead atoms. The molecule has 22 heavy (non-hydrogen) atoms. The van der Waals surface area contributed by atoms with Crippen LogP contribution in [0.15, 0.2) is 24.3 Å². The van der Waals surface area contributed by atoms with E-state index in [1.54, 1.807) is 33.7 Å². The van der Waals surface area contributed by atoms with Gasteiger partial charge in [0, 0.05) is 23.7 Å². The molecule has 0 saturated carbocycles. The van der Waals surface area contributed by atoms with Crippen LogP contribution in [0.4, 0.5) is 0 Å². The summed E-state index contributed by atoms with van der Waals surface area (Å²) >= 11 is 0. The minimum absolute atomic E-state index is 0.287. The molecule has 0 aliphatic carbocycles. The Morgan fingerprint density at radius 2 is 1.55 bits per heavy atom. The molecule has 0 aromatic carbocycles. The molecule has 0 fully saturated rings. The van der Waals surface area contributed by atoms with Crippen LogP contribution in [0.3, 0.4) is 0 Å². The average molecular weight is 347 g/mol. The van der Waals surface area contributed by atoms with Crippen LogP contribution in [0.1, 0.15) is 45.4 Å². The van der Waals surface area contributed by atoms with E-state index in [9.17, 15) is 9.59 Å². The number of carbonyl (C=O) groups excluding carboxylic acids is 1. The number of ether oxygens (including phenoxy) is 1. The number of carboxylic acids is 1. The zero-order valence-corrected chi connectivity index (χ0v) is 14.8. The predicted octanol–water partition coefficient (Wildman–Crippen LogP) is 4.47. The minimum Gasteiger partial charge on any atom is -0.478 e. The van der Waals surface area contributed by atoms with E-state index < -0.39 is 5.97 Å². The van der Waals surface area contributed by atoms with Crippen molar-refractivity contribution < 1.29 is 19.4 Å². The van der Waals surface area contributed by atoms with Gasteiger partial charge in [-0.2, -0.15) is 0 Å². The smallest absolute Gasteiger partial charge is 0.330 e. The Hall–Kier alpha value is -0.880. The lowest BCUT2D eigenvalue weighted by Gasteiger charge is -2.02. The van der Waals surface area contributed by atoms with Crippen molar-refractivity contribution in [2.45, 2.75) is 45.4 Å². The minimum atomic E-state index is -0.932. The quantitative estimate of drug-likeness (QED) is 0.217. The molecule has 0 unspecified atom stereocenters. The van der Waals surface area contributed by atoms with Crippen molar-refractivity contribution in [1.82, 2.24) is 0 Å². The van der Waals surface area contributed by atoms with Crippen LogP contribution in [0.2, 0.25) is 0 Å². The van der Waals surface area contributed by atoms with Crippen molar-refractivity contribution in [2.24, 2.45) is 0 Å². The highest BCUT2D eigenvalue weighted by Crippen LogP contribution is 2.20. The topological polar surface area (TPSA) is 63.6 Å². The predicted molar refractivity (Wildman–Crippen MR) is 95.2 cm³/mol. The first kappa shape index (κ1) is 21.1. The van der Waals surface area contributed by atoms with E-state index >= 15 is 0 Å². The summed E-state index contributed by atoms with van der Waals surface area (Å²) in [5.41, 5.74) is 0. The van der Waals surface area contributed by atoms with Gasteiger partial charge in [-0.15, -0.1) is 0 Å². The van der Waals surface area contributed by atoms with Crippen molar-refractivity contribution in [3.05, 3.63) is 24.3 Å². The Kier molecular flexibility index (Phi) is 15.8. The van der Waals surface area contributed by atoms with Gasteiger partial charge in [-0.3, -0.25) is 0 Å². The second kappa shape index (κ2) is 16.5. The summed E-state index contributed by atoms with van der Waals surface area (Å²) < 4.78 is 5.10. The van der Waals surface area contributed by atoms with Gasteiger partial charge < -0.3 is 9.84 Å². The monoisotopic (exact) mass is 346 g/mol. The highest BCUT2D eigenvalue weighted by atomic mass is 33.1. The third-order valence-electron chi connectivity index (χ3n) is 2.67. The van der Waals surface area contributed by atoms with E-state index in [0.717, 1.165) is 18.9 Å². The summed E-state index contributed by atoms with van der Waals surface area (Å²) in [4.78, 5) is 21.6. The molecule has 1 N–H and O–H groups in total. The summed E-state index contributed by atoms with van der Waals surface area (Å²) in [5, 5.41) is 8.39. The van der Waals surface area contributed by atoms with Crippen LogP contribution < -0.4 is 0 Å². The van der Waals surface area contributed by atoms with E-state index in [-0.39, 0.29) is 5.97 Å². The standard InChI is InChI=1S/C16H26O4S2/c1-2-3-4-5-6-7-12-20-16(19)11-9-14-22-21-13-8-10-15(17)18/h8-11H,2-7,12-14H2,1H3,(H,17,18). The zero-order valence-electron chi connectivity index (χ0n) is 13.2. The van der Waals surface area contributed by atoms with Crippen LogP contribution in [0, 0.1) is 0 Å². The van der Waals surface area contributed by atoms with Gasteiger partial charge >= 0.3 is 11.9 Å². The van der Waals surface area contributed by atoms with Gasteiger partial charge in [-0.1, -0.05) is 72.8 Å². The Balaban J connectivity index is 3.38. The Bertz CT molecular complexity index is 354. The molecule has 0 rings (SSSR count). The van der Waals surface area contributed by atoms with Crippen molar-refractivity contribution in [2.75, 3.05) is 18.1 Å². The van der Waals surface area contributed by atoms with Crippen molar-refractivity contribution in [1.29, 1.82) is 0 Å². The maximum absolute atomic E-state index is 11.4. The molecule has 0 aromatic heterocycles. The second-order valence-electron chi connectivity index (χ2n) is 4.65. The molecule has 0 aromatic rings. The van der Waals surface area contributed by atoms with Gasteiger partial charge in [-0.25, -0.2) is 9.59 Å². The SMILES string of the molecule is CCCCCCCCOC(=O)C=CCSSCC=CC(=O)O. The Labute approximate surface area is 141 Å². The number of aliphatic carboxylic acids is 1. The highest BCUT2D eigenvalue weighted by Gasteiger charge is 1.96. The molecular formula is C16H26O4S2. The van der Waals surface area contributed by atoms with Crippen LogP contribution in [0.5, 0.6) is 0 Å². The molecule has 6 heteroatoms. The van der Waals surface area contributed by atoms with Gasteiger partial charge in [0.1, 0.15) is 0 Å². The van der Waals surface area contributed by atoms with Crippen molar-refractivity contribution in [3.63, 3.8) is 0 Å². The molecule has 0 saturated heterocycles. The fourth-order valence-corrected chi connectivity index (χ4v) is 3.16. The van der Waals surface area contributed by atoms with Gasteiger partial charge in [0.25, 0.3) is 0 Å². The normalized spacial score (nSPS) is 11.3. The van der Waals surface area contributed by atoms with Gasteiger partial charge in [0.05, 0.1) is 6.61 Å². The first-order valence-electron chi connectivity index (χ1n) is 7.64. The first-order chi connectivity index (χ1) is 10.7.